The number of benzene rings is 1. The van der Waals surface area contributed by atoms with Crippen molar-refractivity contribution in [3.63, 3.8) is 0 Å². The number of aliphatic hydroxyl groups is 1. The molecular formula is C17H21FN2O4. The maximum atomic E-state index is 12.7. The molecule has 2 aromatic rings. The molecule has 0 aliphatic heterocycles. The molecule has 1 aromatic carbocycles. The number of carbonyl (C=O) groups is 1. The minimum Gasteiger partial charge on any atom is -0.494 e. The third-order valence-corrected chi connectivity index (χ3v) is 3.33. The first-order chi connectivity index (χ1) is 11.5. The number of halogens is 1. The second-order valence-electron chi connectivity index (χ2n) is 5.52. The highest BCUT2D eigenvalue weighted by molar-refractivity contribution is 5.73. The van der Waals surface area contributed by atoms with Gasteiger partial charge in [0.05, 0.1) is 19.4 Å². The van der Waals surface area contributed by atoms with Crippen LogP contribution in [0.25, 0.3) is 0 Å². The lowest BCUT2D eigenvalue weighted by Crippen LogP contribution is -2.43. The van der Waals surface area contributed by atoms with Gasteiger partial charge in [-0.1, -0.05) is 0 Å². The minimum absolute atomic E-state index is 0.0262. The molecule has 0 bridgehead atoms. The lowest BCUT2D eigenvalue weighted by atomic mass is 10.0. The van der Waals surface area contributed by atoms with Crippen LogP contribution in [0.3, 0.4) is 0 Å². The largest absolute Gasteiger partial charge is 0.494 e. The van der Waals surface area contributed by atoms with E-state index in [2.05, 4.69) is 10.6 Å². The lowest BCUT2D eigenvalue weighted by molar-refractivity contribution is 0.0367. The summed E-state index contributed by atoms with van der Waals surface area (Å²) in [7, 11) is 0. The Morgan fingerprint density at radius 3 is 2.71 bits per heavy atom. The van der Waals surface area contributed by atoms with Crippen LogP contribution in [0, 0.1) is 5.82 Å². The Morgan fingerprint density at radius 1 is 1.29 bits per heavy atom. The number of ether oxygens (including phenoxy) is 1. The van der Waals surface area contributed by atoms with E-state index in [0.717, 1.165) is 0 Å². The average molecular weight is 336 g/mol. The molecule has 0 saturated heterocycles. The lowest BCUT2D eigenvalue weighted by Gasteiger charge is -2.21. The quantitative estimate of drug-likeness (QED) is 0.646. The van der Waals surface area contributed by atoms with Gasteiger partial charge in [-0.05, 0) is 49.7 Å². The highest BCUT2D eigenvalue weighted by atomic mass is 19.1. The minimum atomic E-state index is -1.27. The average Bonchev–Trinajstić information content (AvgIpc) is 3.10. The maximum Gasteiger partial charge on any atom is 0.314 e. The summed E-state index contributed by atoms with van der Waals surface area (Å²) in [6.45, 7) is 2.40. The molecule has 130 valence electrons. The number of carbonyl (C=O) groups excluding carboxylic acids is 1. The summed E-state index contributed by atoms with van der Waals surface area (Å²) in [5.41, 5.74) is -1.27. The number of hydrogen-bond acceptors (Lipinski definition) is 4. The Bertz CT molecular complexity index is 627. The second kappa shape index (κ2) is 8.35. The van der Waals surface area contributed by atoms with Gasteiger partial charge in [0, 0.05) is 6.54 Å². The van der Waals surface area contributed by atoms with E-state index in [0.29, 0.717) is 31.1 Å². The summed E-state index contributed by atoms with van der Waals surface area (Å²) in [6.07, 6.45) is 2.06. The highest BCUT2D eigenvalue weighted by Crippen LogP contribution is 2.19. The van der Waals surface area contributed by atoms with Gasteiger partial charge < -0.3 is 24.9 Å². The maximum absolute atomic E-state index is 12.7. The third kappa shape index (κ3) is 5.58. The van der Waals surface area contributed by atoms with Crippen LogP contribution in [0.5, 0.6) is 5.75 Å². The molecular weight excluding hydrogens is 315 g/mol. The molecule has 0 aliphatic rings. The third-order valence-electron chi connectivity index (χ3n) is 3.33. The van der Waals surface area contributed by atoms with Gasteiger partial charge in [-0.2, -0.15) is 0 Å². The van der Waals surface area contributed by atoms with E-state index in [9.17, 15) is 14.3 Å². The van der Waals surface area contributed by atoms with E-state index in [1.165, 1.54) is 18.4 Å². The van der Waals surface area contributed by atoms with Gasteiger partial charge in [0.2, 0.25) is 0 Å². The van der Waals surface area contributed by atoms with Crippen LogP contribution < -0.4 is 15.4 Å². The number of urea groups is 1. The zero-order valence-electron chi connectivity index (χ0n) is 13.4. The molecule has 1 heterocycles. The standard InChI is InChI=1S/C17H21FN2O4/c1-17(22,15-4-2-10-24-15)12-20-16(21)19-9-3-11-23-14-7-5-13(18)6-8-14/h2,4-8,10,22H,3,9,11-12H2,1H3,(H2,19,20,21). The molecule has 3 N–H and O–H groups in total. The normalized spacial score (nSPS) is 13.1. The summed E-state index contributed by atoms with van der Waals surface area (Å²) in [4.78, 5) is 11.7. The molecule has 6 nitrogen and oxygen atoms in total. The fourth-order valence-corrected chi connectivity index (χ4v) is 1.98. The van der Waals surface area contributed by atoms with Gasteiger partial charge in [0.25, 0.3) is 0 Å². The van der Waals surface area contributed by atoms with Gasteiger partial charge in [-0.25, -0.2) is 9.18 Å². The fourth-order valence-electron chi connectivity index (χ4n) is 1.98. The van der Waals surface area contributed by atoms with E-state index in [1.54, 1.807) is 31.2 Å². The van der Waals surface area contributed by atoms with Crippen molar-refractivity contribution in [1.29, 1.82) is 0 Å². The summed E-state index contributed by atoms with van der Waals surface area (Å²) in [6, 6.07) is 8.68. The first-order valence-corrected chi connectivity index (χ1v) is 7.64. The van der Waals surface area contributed by atoms with E-state index < -0.39 is 5.60 Å². The molecule has 0 saturated carbocycles. The number of nitrogens with one attached hydrogen (secondary N) is 2. The Morgan fingerprint density at radius 2 is 2.04 bits per heavy atom. The van der Waals surface area contributed by atoms with Crippen LogP contribution in [0.1, 0.15) is 19.1 Å². The zero-order chi connectivity index (χ0) is 17.4. The summed E-state index contributed by atoms with van der Waals surface area (Å²) >= 11 is 0. The molecule has 0 aliphatic carbocycles. The van der Waals surface area contributed by atoms with E-state index in [4.69, 9.17) is 9.15 Å². The first-order valence-electron chi connectivity index (χ1n) is 7.64. The molecule has 0 spiro atoms. The van der Waals surface area contributed by atoms with Crippen molar-refractivity contribution >= 4 is 6.03 Å². The van der Waals surface area contributed by atoms with Crippen molar-refractivity contribution in [2.24, 2.45) is 0 Å². The second-order valence-corrected chi connectivity index (χ2v) is 5.52. The van der Waals surface area contributed by atoms with E-state index in [1.807, 2.05) is 0 Å². The molecule has 1 aromatic heterocycles. The number of furan rings is 1. The Kier molecular flexibility index (Phi) is 6.20. The molecule has 2 rings (SSSR count). The van der Waals surface area contributed by atoms with Gasteiger partial charge in [-0.15, -0.1) is 0 Å². The van der Waals surface area contributed by atoms with Crippen LogP contribution in [0.4, 0.5) is 9.18 Å². The summed E-state index contributed by atoms with van der Waals surface area (Å²) in [5, 5.41) is 15.4. The predicted octanol–water partition coefficient (Wildman–Crippen LogP) is 2.39. The van der Waals surface area contributed by atoms with Crippen molar-refractivity contribution in [3.05, 3.63) is 54.2 Å². The zero-order valence-corrected chi connectivity index (χ0v) is 13.4. The number of hydrogen-bond donors (Lipinski definition) is 3. The summed E-state index contributed by atoms with van der Waals surface area (Å²) in [5.74, 6) is 0.650. The van der Waals surface area contributed by atoms with Gasteiger partial charge in [0.15, 0.2) is 0 Å². The Labute approximate surface area is 139 Å². The van der Waals surface area contributed by atoms with Crippen LogP contribution in [0.2, 0.25) is 0 Å². The summed E-state index contributed by atoms with van der Waals surface area (Å²) < 4.78 is 23.3. The molecule has 0 radical (unpaired) electrons. The van der Waals surface area contributed by atoms with Crippen LogP contribution in [-0.2, 0) is 5.60 Å². The molecule has 24 heavy (non-hydrogen) atoms. The van der Waals surface area contributed by atoms with Gasteiger partial charge in [-0.3, -0.25) is 0 Å². The van der Waals surface area contributed by atoms with Gasteiger partial charge in [0.1, 0.15) is 22.9 Å². The first kappa shape index (κ1) is 17.8. The topological polar surface area (TPSA) is 83.7 Å². The van der Waals surface area contributed by atoms with Crippen molar-refractivity contribution in [3.8, 4) is 5.75 Å². The number of rotatable bonds is 8. The molecule has 1 atom stereocenters. The predicted molar refractivity (Wildman–Crippen MR) is 86.2 cm³/mol. The highest BCUT2D eigenvalue weighted by Gasteiger charge is 2.26. The van der Waals surface area contributed by atoms with Crippen LogP contribution >= 0.6 is 0 Å². The van der Waals surface area contributed by atoms with E-state index >= 15 is 0 Å². The smallest absolute Gasteiger partial charge is 0.314 e. The fraction of sp³-hybridized carbons (Fsp3) is 0.353. The van der Waals surface area contributed by atoms with Gasteiger partial charge >= 0.3 is 6.03 Å². The SMILES string of the molecule is CC(O)(CNC(=O)NCCCOc1ccc(F)cc1)c1ccco1. The molecule has 0 fully saturated rings. The molecule has 7 heteroatoms. The van der Waals surface area contributed by atoms with Crippen LogP contribution in [-0.4, -0.2) is 30.8 Å². The van der Waals surface area contributed by atoms with Crippen molar-refractivity contribution in [2.75, 3.05) is 19.7 Å². The Hall–Kier alpha value is -2.54. The van der Waals surface area contributed by atoms with Crippen molar-refractivity contribution < 1.29 is 23.4 Å². The molecule has 2 amide bonds. The van der Waals surface area contributed by atoms with Crippen LogP contribution in [0.15, 0.2) is 47.1 Å². The molecule has 1 unspecified atom stereocenters. The monoisotopic (exact) mass is 336 g/mol. The van der Waals surface area contributed by atoms with E-state index in [-0.39, 0.29) is 18.4 Å². The van der Waals surface area contributed by atoms with Crippen molar-refractivity contribution in [1.82, 2.24) is 10.6 Å². The number of amides is 2. The van der Waals surface area contributed by atoms with Crippen molar-refractivity contribution in [2.45, 2.75) is 18.9 Å². The Balaban J connectivity index is 1.59.